The van der Waals surface area contributed by atoms with Crippen molar-refractivity contribution in [3.8, 4) is 0 Å². The van der Waals surface area contributed by atoms with E-state index in [-0.39, 0.29) is 25.2 Å². The maximum Gasteiger partial charge on any atom is 0.326 e. The number of amides is 3. The third-order valence-electron chi connectivity index (χ3n) is 2.61. The summed E-state index contributed by atoms with van der Waals surface area (Å²) in [5, 5.41) is 13.6. The highest BCUT2D eigenvalue weighted by atomic mass is 16.4. The molecule has 1 rings (SSSR count). The van der Waals surface area contributed by atoms with Gasteiger partial charge in [-0.25, -0.2) is 4.79 Å². The molecule has 0 aromatic rings. The zero-order valence-corrected chi connectivity index (χ0v) is 9.64. The minimum Gasteiger partial charge on any atom is -0.480 e. The first-order chi connectivity index (χ1) is 8.40. The average Bonchev–Trinajstić information content (AvgIpc) is 2.70. The van der Waals surface area contributed by atoms with Crippen molar-refractivity contribution >= 4 is 23.7 Å². The molecule has 0 radical (unpaired) electrons. The van der Waals surface area contributed by atoms with Crippen LogP contribution in [0, 0.1) is 0 Å². The Morgan fingerprint density at radius 2 is 2.17 bits per heavy atom. The summed E-state index contributed by atoms with van der Waals surface area (Å²) in [6, 6.07) is -1.88. The lowest BCUT2D eigenvalue weighted by Gasteiger charge is -2.16. The van der Waals surface area contributed by atoms with E-state index in [1.165, 1.54) is 0 Å². The zero-order chi connectivity index (χ0) is 13.7. The van der Waals surface area contributed by atoms with Gasteiger partial charge < -0.3 is 21.5 Å². The van der Waals surface area contributed by atoms with Crippen molar-refractivity contribution in [1.29, 1.82) is 0 Å². The molecule has 1 fully saturated rings. The summed E-state index contributed by atoms with van der Waals surface area (Å²) in [5.74, 6) is -2.67. The Labute approximate surface area is 103 Å². The van der Waals surface area contributed by atoms with Crippen LogP contribution in [0.15, 0.2) is 0 Å². The molecule has 5 N–H and O–H groups in total. The lowest BCUT2D eigenvalue weighted by Crippen LogP contribution is -2.49. The summed E-state index contributed by atoms with van der Waals surface area (Å²) >= 11 is 0. The second-order valence-electron chi connectivity index (χ2n) is 4.06. The molecule has 0 bridgehead atoms. The number of rotatable bonds is 6. The van der Waals surface area contributed by atoms with Crippen LogP contribution >= 0.6 is 0 Å². The fraction of sp³-hybridized carbons (Fsp3) is 0.600. The van der Waals surface area contributed by atoms with Crippen LogP contribution in [-0.2, 0) is 19.2 Å². The van der Waals surface area contributed by atoms with E-state index in [0.29, 0.717) is 6.42 Å². The molecule has 1 aliphatic rings. The van der Waals surface area contributed by atoms with Gasteiger partial charge in [-0.15, -0.1) is 0 Å². The van der Waals surface area contributed by atoms with E-state index >= 15 is 0 Å². The van der Waals surface area contributed by atoms with Gasteiger partial charge in [0.1, 0.15) is 12.1 Å². The third kappa shape index (κ3) is 4.04. The molecule has 0 aromatic carbocycles. The normalized spacial score (nSPS) is 20.0. The van der Waals surface area contributed by atoms with Crippen LogP contribution in [-0.4, -0.2) is 40.9 Å². The first-order valence-corrected chi connectivity index (χ1v) is 5.51. The predicted octanol–water partition coefficient (Wildman–Crippen LogP) is -1.90. The molecule has 1 unspecified atom stereocenters. The molecule has 0 spiro atoms. The van der Waals surface area contributed by atoms with Crippen molar-refractivity contribution in [2.75, 3.05) is 0 Å². The summed E-state index contributed by atoms with van der Waals surface area (Å²) in [5.41, 5.74) is 4.91. The number of nitrogens with one attached hydrogen (secondary N) is 2. The average molecular weight is 257 g/mol. The number of hydrogen-bond acceptors (Lipinski definition) is 4. The zero-order valence-electron chi connectivity index (χ0n) is 9.64. The fourth-order valence-corrected chi connectivity index (χ4v) is 1.63. The molecule has 0 saturated carbocycles. The van der Waals surface area contributed by atoms with E-state index in [9.17, 15) is 19.2 Å². The molecule has 1 heterocycles. The smallest absolute Gasteiger partial charge is 0.326 e. The molecule has 8 heteroatoms. The highest BCUT2D eigenvalue weighted by molar-refractivity contribution is 5.92. The van der Waals surface area contributed by atoms with Gasteiger partial charge in [0.2, 0.25) is 17.7 Å². The number of carbonyl (C=O) groups excluding carboxylic acids is 3. The first-order valence-electron chi connectivity index (χ1n) is 5.51. The van der Waals surface area contributed by atoms with Gasteiger partial charge >= 0.3 is 5.97 Å². The van der Waals surface area contributed by atoms with E-state index in [4.69, 9.17) is 10.8 Å². The van der Waals surface area contributed by atoms with E-state index in [1.54, 1.807) is 0 Å². The number of hydrogen-bond donors (Lipinski definition) is 4. The van der Waals surface area contributed by atoms with Gasteiger partial charge in [0.15, 0.2) is 0 Å². The molecule has 0 aliphatic carbocycles. The standard InChI is InChI=1S/C10H15N3O5/c11-7(14)3-1-6(10(17)18)13-9(16)5-2-4-8(15)12-5/h5-6H,1-4H2,(H2,11,14)(H,12,15)(H,13,16)(H,17,18)/t5?,6-/m1/s1. The highest BCUT2D eigenvalue weighted by Crippen LogP contribution is 2.07. The third-order valence-corrected chi connectivity index (χ3v) is 2.61. The Bertz CT molecular complexity index is 382. The van der Waals surface area contributed by atoms with Crippen LogP contribution in [0.1, 0.15) is 25.7 Å². The Morgan fingerprint density at radius 1 is 1.50 bits per heavy atom. The minimum atomic E-state index is -1.24. The lowest BCUT2D eigenvalue weighted by atomic mass is 10.1. The van der Waals surface area contributed by atoms with Crippen molar-refractivity contribution in [2.45, 2.75) is 37.8 Å². The van der Waals surface area contributed by atoms with E-state index in [0.717, 1.165) is 0 Å². The number of primary amides is 1. The number of carbonyl (C=O) groups is 4. The van der Waals surface area contributed by atoms with Gasteiger partial charge in [0.25, 0.3) is 0 Å². The van der Waals surface area contributed by atoms with Crippen LogP contribution in [0.2, 0.25) is 0 Å². The van der Waals surface area contributed by atoms with Gasteiger partial charge in [-0.3, -0.25) is 14.4 Å². The molecular weight excluding hydrogens is 242 g/mol. The predicted molar refractivity (Wildman–Crippen MR) is 59.2 cm³/mol. The number of aliphatic carboxylic acids is 1. The van der Waals surface area contributed by atoms with Crippen LogP contribution in [0.4, 0.5) is 0 Å². The van der Waals surface area contributed by atoms with Gasteiger partial charge in [0.05, 0.1) is 0 Å². The highest BCUT2D eigenvalue weighted by Gasteiger charge is 2.30. The SMILES string of the molecule is NC(=O)CC[C@@H](NC(=O)C1CCC(=O)N1)C(=O)O. The number of carboxylic acid groups (broad SMARTS) is 1. The first kappa shape index (κ1) is 13.9. The number of nitrogens with two attached hydrogens (primary N) is 1. The Hall–Kier alpha value is -2.12. The van der Waals surface area contributed by atoms with Gasteiger partial charge in [0, 0.05) is 12.8 Å². The molecular formula is C10H15N3O5. The molecule has 1 aliphatic heterocycles. The summed E-state index contributed by atoms with van der Waals surface area (Å²) in [4.78, 5) is 44.0. The molecule has 8 nitrogen and oxygen atoms in total. The summed E-state index contributed by atoms with van der Waals surface area (Å²) in [6.45, 7) is 0. The minimum absolute atomic E-state index is 0.0723. The largest absolute Gasteiger partial charge is 0.480 e. The van der Waals surface area contributed by atoms with Gasteiger partial charge in [-0.2, -0.15) is 0 Å². The van der Waals surface area contributed by atoms with Crippen molar-refractivity contribution < 1.29 is 24.3 Å². The topological polar surface area (TPSA) is 139 Å². The van der Waals surface area contributed by atoms with Crippen LogP contribution in [0.25, 0.3) is 0 Å². The second kappa shape index (κ2) is 5.99. The summed E-state index contributed by atoms with van der Waals surface area (Å²) < 4.78 is 0. The van der Waals surface area contributed by atoms with Gasteiger partial charge in [-0.1, -0.05) is 0 Å². The van der Waals surface area contributed by atoms with Crippen molar-refractivity contribution in [1.82, 2.24) is 10.6 Å². The maximum absolute atomic E-state index is 11.6. The monoisotopic (exact) mass is 257 g/mol. The van der Waals surface area contributed by atoms with Crippen molar-refractivity contribution in [3.63, 3.8) is 0 Å². The van der Waals surface area contributed by atoms with E-state index in [1.807, 2.05) is 0 Å². The van der Waals surface area contributed by atoms with E-state index < -0.39 is 29.9 Å². The molecule has 18 heavy (non-hydrogen) atoms. The maximum atomic E-state index is 11.6. The molecule has 100 valence electrons. The van der Waals surface area contributed by atoms with Crippen molar-refractivity contribution in [2.24, 2.45) is 5.73 Å². The molecule has 1 saturated heterocycles. The lowest BCUT2D eigenvalue weighted by molar-refractivity contribution is -0.142. The fourth-order valence-electron chi connectivity index (χ4n) is 1.63. The summed E-state index contributed by atoms with van der Waals surface area (Å²) in [7, 11) is 0. The molecule has 2 atom stereocenters. The van der Waals surface area contributed by atoms with Crippen molar-refractivity contribution in [3.05, 3.63) is 0 Å². The summed E-state index contributed by atoms with van der Waals surface area (Å²) in [6.07, 6.45) is 0.384. The van der Waals surface area contributed by atoms with E-state index in [2.05, 4.69) is 10.6 Å². The Balaban J connectivity index is 2.49. The Kier molecular flexibility index (Phi) is 4.64. The second-order valence-corrected chi connectivity index (χ2v) is 4.06. The van der Waals surface area contributed by atoms with Crippen LogP contribution in [0.3, 0.4) is 0 Å². The van der Waals surface area contributed by atoms with Gasteiger partial charge in [-0.05, 0) is 12.8 Å². The number of carboxylic acids is 1. The Morgan fingerprint density at radius 3 is 2.61 bits per heavy atom. The quantitative estimate of drug-likeness (QED) is 0.440. The molecule has 0 aromatic heterocycles. The van der Waals surface area contributed by atoms with Crippen LogP contribution < -0.4 is 16.4 Å². The molecule has 3 amide bonds. The van der Waals surface area contributed by atoms with Crippen LogP contribution in [0.5, 0.6) is 0 Å².